The zero-order valence-corrected chi connectivity index (χ0v) is 9.38. The van der Waals surface area contributed by atoms with Crippen molar-refractivity contribution >= 4 is 0 Å². The van der Waals surface area contributed by atoms with Gasteiger partial charge < -0.3 is 5.11 Å². The van der Waals surface area contributed by atoms with Gasteiger partial charge in [0.1, 0.15) is 0 Å². The highest BCUT2D eigenvalue weighted by Gasteiger charge is 2.05. The molecule has 1 unspecified atom stereocenters. The smallest absolute Gasteiger partial charge is 0.0552 e. The Morgan fingerprint density at radius 2 is 1.86 bits per heavy atom. The van der Waals surface area contributed by atoms with E-state index in [9.17, 15) is 5.11 Å². The molecule has 0 aliphatic rings. The molecule has 1 aromatic rings. The Morgan fingerprint density at radius 3 is 2.36 bits per heavy atom. The summed E-state index contributed by atoms with van der Waals surface area (Å²) in [6, 6.07) is 6.60. The van der Waals surface area contributed by atoms with E-state index in [2.05, 4.69) is 32.0 Å². The molecule has 1 rings (SSSR count). The molecule has 0 bridgehead atoms. The minimum atomic E-state index is -0.243. The van der Waals surface area contributed by atoms with Gasteiger partial charge in [-0.2, -0.15) is 0 Å². The second-order valence-electron chi connectivity index (χ2n) is 3.86. The molecule has 0 saturated heterocycles. The first kappa shape index (κ1) is 11.3. The fourth-order valence-electron chi connectivity index (χ4n) is 1.75. The van der Waals surface area contributed by atoms with Crippen LogP contribution in [0.25, 0.3) is 0 Å². The van der Waals surface area contributed by atoms with Gasteiger partial charge in [-0.3, -0.25) is 0 Å². The summed E-state index contributed by atoms with van der Waals surface area (Å²) in [6.07, 6.45) is 2.65. The van der Waals surface area contributed by atoms with Gasteiger partial charge in [-0.25, -0.2) is 0 Å². The lowest BCUT2D eigenvalue weighted by molar-refractivity contribution is 0.195. The van der Waals surface area contributed by atoms with Crippen LogP contribution in [0.1, 0.15) is 37.5 Å². The minimum Gasteiger partial charge on any atom is -0.393 e. The largest absolute Gasteiger partial charge is 0.393 e. The number of rotatable bonds is 4. The van der Waals surface area contributed by atoms with E-state index in [4.69, 9.17) is 0 Å². The lowest BCUT2D eigenvalue weighted by atomic mass is 9.97. The molecule has 1 atom stereocenters. The number of aliphatic hydroxyl groups excluding tert-OH is 1. The van der Waals surface area contributed by atoms with Crippen molar-refractivity contribution in [3.05, 3.63) is 34.9 Å². The average Bonchev–Trinajstić information content (AvgIpc) is 2.16. The topological polar surface area (TPSA) is 20.2 Å². The maximum atomic E-state index is 9.39. The summed E-state index contributed by atoms with van der Waals surface area (Å²) in [4.78, 5) is 0. The quantitative estimate of drug-likeness (QED) is 0.777. The minimum absolute atomic E-state index is 0.243. The molecule has 1 aromatic carbocycles. The molecule has 0 aromatic heterocycles. The monoisotopic (exact) mass is 192 g/mol. The molecule has 0 aliphatic carbocycles. The average molecular weight is 192 g/mol. The Kier molecular flexibility index (Phi) is 4.15. The third-order valence-corrected chi connectivity index (χ3v) is 2.58. The van der Waals surface area contributed by atoms with Crippen LogP contribution in [0.3, 0.4) is 0 Å². The predicted molar refractivity (Wildman–Crippen MR) is 60.6 cm³/mol. The maximum Gasteiger partial charge on any atom is 0.0552 e. The van der Waals surface area contributed by atoms with E-state index in [1.807, 2.05) is 6.92 Å². The highest BCUT2D eigenvalue weighted by molar-refractivity contribution is 5.32. The molecule has 1 N–H and O–H groups in total. The van der Waals surface area contributed by atoms with Crippen LogP contribution in [0.4, 0.5) is 0 Å². The van der Waals surface area contributed by atoms with E-state index in [0.29, 0.717) is 0 Å². The van der Waals surface area contributed by atoms with Crippen LogP contribution in [-0.4, -0.2) is 11.2 Å². The first-order valence-corrected chi connectivity index (χ1v) is 5.46. The van der Waals surface area contributed by atoms with Gasteiger partial charge in [-0.05, 0) is 42.9 Å². The fourth-order valence-corrected chi connectivity index (χ4v) is 1.75. The predicted octanol–water partition coefficient (Wildman–Crippen LogP) is 2.73. The molecule has 0 aliphatic heterocycles. The maximum absolute atomic E-state index is 9.39. The van der Waals surface area contributed by atoms with E-state index in [0.717, 1.165) is 19.3 Å². The van der Waals surface area contributed by atoms with Crippen LogP contribution in [0.2, 0.25) is 0 Å². The molecule has 0 radical (unpaired) electrons. The van der Waals surface area contributed by atoms with Gasteiger partial charge in [0.2, 0.25) is 0 Å². The van der Waals surface area contributed by atoms with E-state index in [-0.39, 0.29) is 6.10 Å². The fraction of sp³-hybridized carbons (Fsp3) is 0.538. The molecular weight excluding hydrogens is 172 g/mol. The van der Waals surface area contributed by atoms with Crippen molar-refractivity contribution in [2.75, 3.05) is 0 Å². The number of hydrogen-bond donors (Lipinski definition) is 1. The molecular formula is C13H20O. The van der Waals surface area contributed by atoms with E-state index >= 15 is 0 Å². The molecule has 0 spiro atoms. The first-order chi connectivity index (χ1) is 6.67. The summed E-state index contributed by atoms with van der Waals surface area (Å²) >= 11 is 0. The van der Waals surface area contributed by atoms with E-state index in [1.54, 1.807) is 0 Å². The Bertz CT molecular complexity index is 289. The summed E-state index contributed by atoms with van der Waals surface area (Å²) in [5, 5.41) is 9.39. The van der Waals surface area contributed by atoms with Gasteiger partial charge in [0.25, 0.3) is 0 Å². The highest BCUT2D eigenvalue weighted by Crippen LogP contribution is 2.15. The summed E-state index contributed by atoms with van der Waals surface area (Å²) in [6.45, 7) is 6.16. The van der Waals surface area contributed by atoms with Gasteiger partial charge in [0.15, 0.2) is 0 Å². The molecule has 78 valence electrons. The molecule has 14 heavy (non-hydrogen) atoms. The SMILES string of the molecule is CCc1ccc(CC)c(CC(C)O)c1. The summed E-state index contributed by atoms with van der Waals surface area (Å²) < 4.78 is 0. The van der Waals surface area contributed by atoms with Crippen LogP contribution in [0.5, 0.6) is 0 Å². The molecule has 0 heterocycles. The van der Waals surface area contributed by atoms with Crippen LogP contribution < -0.4 is 0 Å². The molecule has 1 nitrogen and oxygen atoms in total. The van der Waals surface area contributed by atoms with Crippen LogP contribution in [0, 0.1) is 0 Å². The zero-order valence-electron chi connectivity index (χ0n) is 9.38. The standard InChI is InChI=1S/C13H20O/c1-4-11-6-7-12(5-2)13(9-11)8-10(3)14/h6-7,9-10,14H,4-5,8H2,1-3H3. The highest BCUT2D eigenvalue weighted by atomic mass is 16.3. The van der Waals surface area contributed by atoms with Gasteiger partial charge in [0, 0.05) is 0 Å². The van der Waals surface area contributed by atoms with Crippen molar-refractivity contribution in [2.45, 2.75) is 46.1 Å². The number of hydrogen-bond acceptors (Lipinski definition) is 1. The lowest BCUT2D eigenvalue weighted by Gasteiger charge is -2.11. The van der Waals surface area contributed by atoms with Gasteiger partial charge in [0.05, 0.1) is 6.10 Å². The number of aliphatic hydroxyl groups is 1. The second-order valence-corrected chi connectivity index (χ2v) is 3.86. The lowest BCUT2D eigenvalue weighted by Crippen LogP contribution is -2.07. The first-order valence-electron chi connectivity index (χ1n) is 5.46. The Labute approximate surface area is 86.8 Å². The van der Waals surface area contributed by atoms with Crippen molar-refractivity contribution < 1.29 is 5.11 Å². The summed E-state index contributed by atoms with van der Waals surface area (Å²) in [5.74, 6) is 0. The van der Waals surface area contributed by atoms with Crippen LogP contribution in [0.15, 0.2) is 18.2 Å². The van der Waals surface area contributed by atoms with Crippen molar-refractivity contribution in [1.82, 2.24) is 0 Å². The van der Waals surface area contributed by atoms with Crippen LogP contribution in [-0.2, 0) is 19.3 Å². The van der Waals surface area contributed by atoms with Crippen molar-refractivity contribution in [1.29, 1.82) is 0 Å². The Morgan fingerprint density at radius 1 is 1.14 bits per heavy atom. The third-order valence-electron chi connectivity index (χ3n) is 2.58. The third kappa shape index (κ3) is 2.85. The van der Waals surface area contributed by atoms with Crippen molar-refractivity contribution in [2.24, 2.45) is 0 Å². The van der Waals surface area contributed by atoms with Crippen LogP contribution >= 0.6 is 0 Å². The van der Waals surface area contributed by atoms with Crippen molar-refractivity contribution in [3.8, 4) is 0 Å². The van der Waals surface area contributed by atoms with Gasteiger partial charge in [-0.1, -0.05) is 32.0 Å². The molecule has 0 saturated carbocycles. The zero-order chi connectivity index (χ0) is 10.6. The number of aryl methyl sites for hydroxylation is 2. The number of benzene rings is 1. The normalized spacial score (nSPS) is 12.9. The second kappa shape index (κ2) is 5.16. The Balaban J connectivity index is 2.96. The Hall–Kier alpha value is -0.820. The summed E-state index contributed by atoms with van der Waals surface area (Å²) in [7, 11) is 0. The van der Waals surface area contributed by atoms with Gasteiger partial charge >= 0.3 is 0 Å². The van der Waals surface area contributed by atoms with E-state index in [1.165, 1.54) is 16.7 Å². The van der Waals surface area contributed by atoms with E-state index < -0.39 is 0 Å². The van der Waals surface area contributed by atoms with Gasteiger partial charge in [-0.15, -0.1) is 0 Å². The summed E-state index contributed by atoms with van der Waals surface area (Å²) in [5.41, 5.74) is 4.03. The molecule has 0 fully saturated rings. The molecule has 1 heteroatoms. The van der Waals surface area contributed by atoms with Crippen molar-refractivity contribution in [3.63, 3.8) is 0 Å². The molecule has 0 amide bonds.